The van der Waals surface area contributed by atoms with E-state index >= 15 is 0 Å². The van der Waals surface area contributed by atoms with Crippen LogP contribution in [-0.4, -0.2) is 17.9 Å². The Morgan fingerprint density at radius 3 is 2.84 bits per heavy atom. The Morgan fingerprint density at radius 1 is 1.42 bits per heavy atom. The van der Waals surface area contributed by atoms with Crippen LogP contribution in [0.1, 0.15) is 15.2 Å². The van der Waals surface area contributed by atoms with Gasteiger partial charge < -0.3 is 10.3 Å². The zero-order valence-electron chi connectivity index (χ0n) is 10.4. The minimum atomic E-state index is -0.544. The van der Waals surface area contributed by atoms with Crippen molar-refractivity contribution < 1.29 is 9.18 Å². The zero-order chi connectivity index (χ0) is 13.8. The van der Waals surface area contributed by atoms with E-state index in [0.29, 0.717) is 6.54 Å². The Morgan fingerprint density at radius 2 is 2.21 bits per heavy atom. The van der Waals surface area contributed by atoms with Gasteiger partial charge in [0.2, 0.25) is 0 Å². The van der Waals surface area contributed by atoms with Crippen LogP contribution in [0, 0.1) is 5.82 Å². The van der Waals surface area contributed by atoms with Crippen LogP contribution in [0.5, 0.6) is 0 Å². The number of hydrazine groups is 1. The van der Waals surface area contributed by atoms with Crippen molar-refractivity contribution >= 4 is 22.9 Å². The van der Waals surface area contributed by atoms with Gasteiger partial charge in [0.15, 0.2) is 0 Å². The first kappa shape index (κ1) is 13.5. The molecule has 2 rings (SSSR count). The fourth-order valence-corrected chi connectivity index (χ4v) is 2.52. The first-order valence-electron chi connectivity index (χ1n) is 5.66. The molecule has 0 radical (unpaired) electrons. The molecule has 4 nitrogen and oxygen atoms in total. The lowest BCUT2D eigenvalue weighted by Gasteiger charge is -2.18. The van der Waals surface area contributed by atoms with Crippen LogP contribution in [0.4, 0.5) is 10.1 Å². The largest absolute Gasteiger partial charge is 0.336 e. The maximum absolute atomic E-state index is 13.5. The predicted molar refractivity (Wildman–Crippen MR) is 74.3 cm³/mol. The second-order valence-electron chi connectivity index (χ2n) is 4.05. The second kappa shape index (κ2) is 5.81. The predicted octanol–water partition coefficient (Wildman–Crippen LogP) is 2.44. The number of carbonyl (C=O) groups is 1. The first-order chi connectivity index (χ1) is 9.13. The number of nitrogens with zero attached hydrogens (tertiary/aromatic N) is 1. The van der Waals surface area contributed by atoms with Gasteiger partial charge in [0.25, 0.3) is 5.91 Å². The smallest absolute Gasteiger partial charge is 0.256 e. The lowest BCUT2D eigenvalue weighted by atomic mass is 10.1. The molecule has 6 heteroatoms. The SMILES string of the molecule is CN(Cc1cccs1)C(=O)c1cccc(F)c1NN. The van der Waals surface area contributed by atoms with Gasteiger partial charge in [-0.2, -0.15) is 0 Å². The van der Waals surface area contributed by atoms with Crippen molar-refractivity contribution in [2.45, 2.75) is 6.54 Å². The summed E-state index contributed by atoms with van der Waals surface area (Å²) in [6, 6.07) is 8.16. The highest BCUT2D eigenvalue weighted by Crippen LogP contribution is 2.21. The van der Waals surface area contributed by atoms with Crippen LogP contribution in [0.3, 0.4) is 0 Å². The Kier molecular flexibility index (Phi) is 4.13. The maximum atomic E-state index is 13.5. The molecular weight excluding hydrogens is 265 g/mol. The number of halogens is 1. The molecule has 0 aliphatic carbocycles. The van der Waals surface area contributed by atoms with E-state index in [9.17, 15) is 9.18 Å². The lowest BCUT2D eigenvalue weighted by Crippen LogP contribution is -2.27. The van der Waals surface area contributed by atoms with E-state index in [0.717, 1.165) is 4.88 Å². The van der Waals surface area contributed by atoms with Crippen LogP contribution >= 0.6 is 11.3 Å². The quantitative estimate of drug-likeness (QED) is 0.667. The van der Waals surface area contributed by atoms with Gasteiger partial charge in [-0.1, -0.05) is 12.1 Å². The van der Waals surface area contributed by atoms with E-state index in [1.165, 1.54) is 17.0 Å². The minimum absolute atomic E-state index is 0.0190. The normalized spacial score (nSPS) is 10.3. The molecule has 3 N–H and O–H groups in total. The van der Waals surface area contributed by atoms with Crippen molar-refractivity contribution in [3.63, 3.8) is 0 Å². The molecule has 100 valence electrons. The number of carbonyl (C=O) groups excluding carboxylic acids is 1. The molecule has 0 unspecified atom stereocenters. The molecule has 0 aliphatic heterocycles. The van der Waals surface area contributed by atoms with Crippen LogP contribution in [-0.2, 0) is 6.54 Å². The number of amides is 1. The summed E-state index contributed by atoms with van der Waals surface area (Å²) in [5, 5.41) is 1.95. The average Bonchev–Trinajstić information content (AvgIpc) is 2.90. The molecule has 0 atom stereocenters. The van der Waals surface area contributed by atoms with Gasteiger partial charge in [-0.3, -0.25) is 10.6 Å². The summed E-state index contributed by atoms with van der Waals surface area (Å²) in [6.07, 6.45) is 0. The van der Waals surface area contributed by atoms with Gasteiger partial charge in [-0.05, 0) is 23.6 Å². The first-order valence-corrected chi connectivity index (χ1v) is 6.54. The van der Waals surface area contributed by atoms with Crippen LogP contribution in [0.2, 0.25) is 0 Å². The number of nitrogens with two attached hydrogens (primary N) is 1. The number of nitrogen functional groups attached to an aromatic ring is 1. The highest BCUT2D eigenvalue weighted by Gasteiger charge is 2.18. The van der Waals surface area contributed by atoms with Crippen molar-refractivity contribution in [3.8, 4) is 0 Å². The molecule has 0 saturated heterocycles. The molecule has 1 aromatic heterocycles. The van der Waals surface area contributed by atoms with Crippen molar-refractivity contribution in [2.24, 2.45) is 5.84 Å². The third kappa shape index (κ3) is 2.91. The Hall–Kier alpha value is -1.92. The molecule has 1 heterocycles. The highest BCUT2D eigenvalue weighted by molar-refractivity contribution is 7.09. The molecule has 1 amide bonds. The monoisotopic (exact) mass is 279 g/mol. The lowest BCUT2D eigenvalue weighted by molar-refractivity contribution is 0.0787. The highest BCUT2D eigenvalue weighted by atomic mass is 32.1. The van der Waals surface area contributed by atoms with Gasteiger partial charge in [-0.15, -0.1) is 11.3 Å². The Labute approximate surface area is 114 Å². The third-order valence-corrected chi connectivity index (χ3v) is 3.57. The molecule has 2 aromatic rings. The summed E-state index contributed by atoms with van der Waals surface area (Å²) in [7, 11) is 1.67. The molecular formula is C13H14FN3OS. The number of nitrogens with one attached hydrogen (secondary N) is 1. The fraction of sp³-hybridized carbons (Fsp3) is 0.154. The van der Waals surface area contributed by atoms with Crippen LogP contribution < -0.4 is 11.3 Å². The van der Waals surface area contributed by atoms with Gasteiger partial charge in [0.1, 0.15) is 5.82 Å². The van der Waals surface area contributed by atoms with E-state index in [4.69, 9.17) is 5.84 Å². The second-order valence-corrected chi connectivity index (χ2v) is 5.08. The summed E-state index contributed by atoms with van der Waals surface area (Å²) in [4.78, 5) is 14.9. The van der Waals surface area contributed by atoms with Crippen molar-refractivity contribution in [3.05, 3.63) is 52.0 Å². The zero-order valence-corrected chi connectivity index (χ0v) is 11.2. The molecule has 1 aromatic carbocycles. The molecule has 0 aliphatic rings. The number of anilines is 1. The van der Waals surface area contributed by atoms with E-state index in [2.05, 4.69) is 5.43 Å². The van der Waals surface area contributed by atoms with Gasteiger partial charge in [0, 0.05) is 11.9 Å². The number of para-hydroxylation sites is 1. The van der Waals surface area contributed by atoms with Gasteiger partial charge in [-0.25, -0.2) is 4.39 Å². The molecule has 0 fully saturated rings. The van der Waals surface area contributed by atoms with Gasteiger partial charge >= 0.3 is 0 Å². The van der Waals surface area contributed by atoms with E-state index < -0.39 is 5.82 Å². The molecule has 0 bridgehead atoms. The molecule has 19 heavy (non-hydrogen) atoms. The Balaban J connectivity index is 2.22. The number of hydrogen-bond acceptors (Lipinski definition) is 4. The number of hydrogen-bond donors (Lipinski definition) is 2. The third-order valence-electron chi connectivity index (χ3n) is 2.71. The molecule has 0 spiro atoms. The van der Waals surface area contributed by atoms with E-state index in [1.807, 2.05) is 17.5 Å². The minimum Gasteiger partial charge on any atom is -0.336 e. The van der Waals surface area contributed by atoms with E-state index in [1.54, 1.807) is 24.5 Å². The summed E-state index contributed by atoms with van der Waals surface area (Å²) in [6.45, 7) is 0.483. The standard InChI is InChI=1S/C13H14FN3OS/c1-17(8-9-4-3-7-19-9)13(18)10-5-2-6-11(14)12(10)16-15/h2-7,16H,8,15H2,1H3. The number of rotatable bonds is 4. The van der Waals surface area contributed by atoms with Crippen molar-refractivity contribution in [1.82, 2.24) is 4.90 Å². The van der Waals surface area contributed by atoms with Crippen molar-refractivity contribution in [2.75, 3.05) is 12.5 Å². The maximum Gasteiger partial charge on any atom is 0.256 e. The summed E-state index contributed by atoms with van der Waals surface area (Å²) in [5.74, 6) is 4.45. The van der Waals surface area contributed by atoms with Crippen LogP contribution in [0.25, 0.3) is 0 Å². The number of thiophene rings is 1. The topological polar surface area (TPSA) is 58.4 Å². The summed E-state index contributed by atoms with van der Waals surface area (Å²) < 4.78 is 13.5. The van der Waals surface area contributed by atoms with E-state index in [-0.39, 0.29) is 17.2 Å². The van der Waals surface area contributed by atoms with Crippen molar-refractivity contribution in [1.29, 1.82) is 0 Å². The van der Waals surface area contributed by atoms with Crippen LogP contribution in [0.15, 0.2) is 35.7 Å². The summed E-state index contributed by atoms with van der Waals surface area (Å²) in [5.41, 5.74) is 2.48. The summed E-state index contributed by atoms with van der Waals surface area (Å²) >= 11 is 1.57. The number of benzene rings is 1. The Bertz CT molecular complexity index is 571. The van der Waals surface area contributed by atoms with Gasteiger partial charge in [0.05, 0.1) is 17.8 Å². The molecule has 0 saturated carbocycles. The average molecular weight is 279 g/mol. The fourth-order valence-electron chi connectivity index (χ4n) is 1.76.